The van der Waals surface area contributed by atoms with E-state index in [1.54, 1.807) is 12.1 Å². The minimum absolute atomic E-state index is 0.0949. The Morgan fingerprint density at radius 2 is 1.02 bits per heavy atom. The normalized spacial score (nSPS) is 20.5. The SMILES string of the molecule is CC1(C)CCCC(C)(C)[N+]1(C)C(CCCCCCCC(=O)[O-])(C(=O)[O-])[N+]1(C)C(C)(C)CCCC1(C)C.CCCCC(c1cc(C(C)(C)C)c(O)c(C(C)(C)C)c1)C(C(=O)O)C(=O)O. The summed E-state index contributed by atoms with van der Waals surface area (Å²) in [6, 6.07) is 3.59. The summed E-state index contributed by atoms with van der Waals surface area (Å²) in [5.41, 5.74) is -0.710. The molecule has 0 amide bonds. The third-order valence-electron chi connectivity index (χ3n) is 16.7. The number of likely N-dealkylation sites (N-methyl/N-ethyl adjacent to an activating group) is 2. The average Bonchev–Trinajstić information content (AvgIpc) is 3.11. The van der Waals surface area contributed by atoms with E-state index < -0.39 is 41.4 Å². The lowest BCUT2D eigenvalue weighted by atomic mass is 9.66. The number of carbonyl (C=O) groups is 4. The molecular weight excluding hydrogens is 797 g/mol. The first-order chi connectivity index (χ1) is 28.5. The average molecular weight is 887 g/mol. The van der Waals surface area contributed by atoms with Crippen LogP contribution in [0.15, 0.2) is 12.1 Å². The van der Waals surface area contributed by atoms with Crippen LogP contribution in [0, 0.1) is 5.92 Å². The standard InChI is InChI=1S/C30H56N2O4.C22H34O5/c1-26(2)19-16-20-27(3,4)31(26,9)30(25(35)36,23-15-13-11-12-14-18-24(33)34)32(10)28(5,6)21-17-22-29(32,7)8;1-8-9-10-14(17(19(24)25)20(26)27)13-11-15(21(2,3)4)18(23)16(12-13)22(5,6)7/h11-23H2,1-10H3;11-12,14,17,23H,8-10H2,1-7H3,(H,24,25)(H,26,27). The predicted octanol–water partition coefficient (Wildman–Crippen LogP) is 9.34. The molecular formula is C52H90N2O9. The minimum Gasteiger partial charge on any atom is -0.550 e. The van der Waals surface area contributed by atoms with Crippen molar-refractivity contribution in [2.45, 2.75) is 251 Å². The van der Waals surface area contributed by atoms with Crippen LogP contribution in [0.3, 0.4) is 0 Å². The molecule has 3 N–H and O–H groups in total. The maximum absolute atomic E-state index is 14.0. The number of carboxylic acids is 4. The Kier molecular flexibility index (Phi) is 17.9. The van der Waals surface area contributed by atoms with Crippen LogP contribution in [0.1, 0.15) is 229 Å². The van der Waals surface area contributed by atoms with Crippen LogP contribution in [-0.2, 0) is 30.0 Å². The number of hydrogen-bond donors (Lipinski definition) is 3. The quantitative estimate of drug-likeness (QED) is 0.0737. The van der Waals surface area contributed by atoms with Gasteiger partial charge in [0.15, 0.2) is 11.9 Å². The zero-order chi connectivity index (χ0) is 49.0. The number of benzene rings is 1. The second-order valence-corrected chi connectivity index (χ2v) is 24.1. The number of aliphatic carboxylic acids is 4. The first kappa shape index (κ1) is 56.0. The number of rotatable bonds is 18. The molecule has 2 saturated heterocycles. The maximum atomic E-state index is 14.0. The number of carboxylic acid groups (broad SMARTS) is 4. The van der Waals surface area contributed by atoms with E-state index >= 15 is 0 Å². The van der Waals surface area contributed by atoms with Gasteiger partial charge in [0.2, 0.25) is 0 Å². The second-order valence-electron chi connectivity index (χ2n) is 24.1. The van der Waals surface area contributed by atoms with Crippen LogP contribution >= 0.6 is 0 Å². The highest BCUT2D eigenvalue weighted by atomic mass is 16.4. The Morgan fingerprint density at radius 3 is 1.33 bits per heavy atom. The summed E-state index contributed by atoms with van der Waals surface area (Å²) in [6.07, 6.45) is 12.9. The molecule has 1 unspecified atom stereocenters. The monoisotopic (exact) mass is 887 g/mol. The van der Waals surface area contributed by atoms with Gasteiger partial charge < -0.3 is 35.1 Å². The molecule has 1 aromatic rings. The summed E-state index contributed by atoms with van der Waals surface area (Å²) in [4.78, 5) is 48.2. The summed E-state index contributed by atoms with van der Waals surface area (Å²) < 4.78 is 0.923. The van der Waals surface area contributed by atoms with E-state index in [1.165, 1.54) is 0 Å². The summed E-state index contributed by atoms with van der Waals surface area (Å²) in [5.74, 6) is -6.52. The van der Waals surface area contributed by atoms with E-state index in [1.807, 2.05) is 48.5 Å². The Bertz CT molecular complexity index is 1640. The number of carbonyl (C=O) groups excluding carboxylic acids is 2. The molecule has 1 aromatic carbocycles. The maximum Gasteiger partial charge on any atom is 0.318 e. The van der Waals surface area contributed by atoms with Gasteiger partial charge in [-0.1, -0.05) is 92.7 Å². The molecule has 0 bridgehead atoms. The summed E-state index contributed by atoms with van der Waals surface area (Å²) in [7, 11) is 4.47. The highest BCUT2D eigenvalue weighted by Crippen LogP contribution is 2.60. The molecule has 1 atom stereocenters. The minimum atomic E-state index is -1.51. The largest absolute Gasteiger partial charge is 0.550 e. The lowest BCUT2D eigenvalue weighted by molar-refractivity contribution is -1.21. The van der Waals surface area contributed by atoms with Gasteiger partial charge in [0, 0.05) is 37.6 Å². The summed E-state index contributed by atoms with van der Waals surface area (Å²) in [5, 5.41) is 54.8. The van der Waals surface area contributed by atoms with Crippen molar-refractivity contribution in [3.05, 3.63) is 28.8 Å². The van der Waals surface area contributed by atoms with E-state index in [4.69, 9.17) is 0 Å². The van der Waals surface area contributed by atoms with Gasteiger partial charge in [-0.3, -0.25) is 18.6 Å². The van der Waals surface area contributed by atoms with Crippen LogP contribution in [0.5, 0.6) is 5.75 Å². The molecule has 63 heavy (non-hydrogen) atoms. The first-order valence-electron chi connectivity index (χ1n) is 24.0. The molecule has 362 valence electrons. The van der Waals surface area contributed by atoms with Gasteiger partial charge in [-0.2, -0.15) is 0 Å². The highest BCUT2D eigenvalue weighted by Gasteiger charge is 2.78. The van der Waals surface area contributed by atoms with E-state index in [-0.39, 0.29) is 45.2 Å². The molecule has 0 aromatic heterocycles. The summed E-state index contributed by atoms with van der Waals surface area (Å²) >= 11 is 0. The van der Waals surface area contributed by atoms with Crippen molar-refractivity contribution in [2.24, 2.45) is 5.92 Å². The molecule has 3 rings (SSSR count). The third kappa shape index (κ3) is 10.9. The van der Waals surface area contributed by atoms with Crippen molar-refractivity contribution >= 4 is 23.9 Å². The molecule has 11 heteroatoms. The smallest absolute Gasteiger partial charge is 0.318 e. The van der Waals surface area contributed by atoms with Crippen molar-refractivity contribution in [2.75, 3.05) is 14.1 Å². The molecule has 0 spiro atoms. The number of phenols is 1. The van der Waals surface area contributed by atoms with Crippen molar-refractivity contribution in [1.82, 2.24) is 0 Å². The van der Waals surface area contributed by atoms with Crippen molar-refractivity contribution in [1.29, 1.82) is 0 Å². The first-order valence-corrected chi connectivity index (χ1v) is 24.0. The second kappa shape index (κ2) is 20.1. The number of hydrogen-bond acceptors (Lipinski definition) is 7. The lowest BCUT2D eigenvalue weighted by Crippen LogP contribution is -2.96. The van der Waals surface area contributed by atoms with E-state index in [0.29, 0.717) is 44.9 Å². The number of aromatic hydroxyl groups is 1. The zero-order valence-electron chi connectivity index (χ0n) is 42.8. The summed E-state index contributed by atoms with van der Waals surface area (Å²) in [6.45, 7) is 32.1. The number of likely N-dealkylation sites (tertiary alicyclic amines) is 2. The van der Waals surface area contributed by atoms with Crippen molar-refractivity contribution in [3.8, 4) is 5.75 Å². The Morgan fingerprint density at radius 1 is 0.651 bits per heavy atom. The third-order valence-corrected chi connectivity index (χ3v) is 16.7. The molecule has 2 fully saturated rings. The van der Waals surface area contributed by atoms with E-state index in [0.717, 1.165) is 77.0 Å². The van der Waals surface area contributed by atoms with Crippen molar-refractivity contribution in [3.63, 3.8) is 0 Å². The highest BCUT2D eigenvalue weighted by molar-refractivity contribution is 5.94. The van der Waals surface area contributed by atoms with Crippen molar-refractivity contribution < 1.29 is 53.7 Å². The van der Waals surface area contributed by atoms with E-state index in [2.05, 4.69) is 69.5 Å². The fourth-order valence-electron chi connectivity index (χ4n) is 12.3. The topological polar surface area (TPSA) is 175 Å². The molecule has 0 radical (unpaired) electrons. The van der Waals surface area contributed by atoms with Gasteiger partial charge in [-0.05, 0) is 121 Å². The van der Waals surface area contributed by atoms with Gasteiger partial charge in [-0.15, -0.1) is 0 Å². The molecule has 2 aliphatic rings. The Balaban J connectivity index is 0.000000452. The van der Waals surface area contributed by atoms with Crippen LogP contribution < -0.4 is 10.2 Å². The van der Waals surface area contributed by atoms with Gasteiger partial charge >= 0.3 is 11.9 Å². The molecule has 2 aliphatic heterocycles. The Labute approximate surface area is 382 Å². The van der Waals surface area contributed by atoms with Gasteiger partial charge in [-0.25, -0.2) is 0 Å². The number of nitrogens with zero attached hydrogens (tertiary/aromatic N) is 2. The van der Waals surface area contributed by atoms with E-state index in [9.17, 15) is 44.7 Å². The van der Waals surface area contributed by atoms with Crippen LogP contribution in [0.2, 0.25) is 0 Å². The Hall–Kier alpha value is -3.18. The lowest BCUT2D eigenvalue weighted by Gasteiger charge is -2.76. The van der Waals surface area contributed by atoms with Gasteiger partial charge in [0.25, 0.3) is 5.66 Å². The fraction of sp³-hybridized carbons (Fsp3) is 0.808. The molecule has 11 nitrogen and oxygen atoms in total. The number of phenolic OH excluding ortho intramolecular Hbond substituents is 1. The van der Waals surface area contributed by atoms with Crippen LogP contribution in [0.4, 0.5) is 0 Å². The number of quaternary nitrogens is 2. The van der Waals surface area contributed by atoms with Crippen LogP contribution in [0.25, 0.3) is 0 Å². The number of piperidine rings is 2. The van der Waals surface area contributed by atoms with Gasteiger partial charge in [0.1, 0.15) is 5.75 Å². The molecule has 2 heterocycles. The van der Waals surface area contributed by atoms with Crippen LogP contribution in [-0.4, -0.2) is 90.1 Å². The molecule has 0 aliphatic carbocycles. The van der Waals surface area contributed by atoms with Gasteiger partial charge in [0.05, 0.1) is 42.7 Å². The zero-order valence-corrected chi connectivity index (χ0v) is 42.8. The fourth-order valence-corrected chi connectivity index (χ4v) is 12.3. The molecule has 0 saturated carbocycles. The number of unbranched alkanes of at least 4 members (excludes halogenated alkanes) is 5. The predicted molar refractivity (Wildman–Crippen MR) is 248 cm³/mol.